The largest absolute Gasteiger partial charge is 0.354 e. The Kier molecular flexibility index (Phi) is 3.92. The summed E-state index contributed by atoms with van der Waals surface area (Å²) in [6.45, 7) is 2.26. The second kappa shape index (κ2) is 6.22. The van der Waals surface area contributed by atoms with E-state index in [0.29, 0.717) is 18.8 Å². The van der Waals surface area contributed by atoms with Crippen LogP contribution in [0.2, 0.25) is 0 Å². The smallest absolute Gasteiger partial charge is 0.248 e. The quantitative estimate of drug-likeness (QED) is 0.893. The predicted octanol–water partition coefficient (Wildman–Crippen LogP) is 1.19. The van der Waals surface area contributed by atoms with Crippen LogP contribution in [-0.4, -0.2) is 45.3 Å². The zero-order chi connectivity index (χ0) is 16.4. The summed E-state index contributed by atoms with van der Waals surface area (Å²) < 4.78 is 1.83. The number of carbonyl (C=O) groups is 1. The van der Waals surface area contributed by atoms with E-state index in [2.05, 4.69) is 25.3 Å². The number of anilines is 1. The molecule has 7 heteroatoms. The summed E-state index contributed by atoms with van der Waals surface area (Å²) in [5.74, 6) is 1.48. The first kappa shape index (κ1) is 15.1. The lowest BCUT2D eigenvalue weighted by Gasteiger charge is -2.40. The molecular weight excluding hydrogens is 304 g/mol. The number of carbonyl (C=O) groups excluding carboxylic acids is 1. The molecule has 0 aromatic carbocycles. The standard InChI is InChI=1S/C17H22N6O/c24-15(20-13-14-3-4-14)17(23-10-2-9-21-23)5-11-22(12-6-17)16-18-7-1-8-19-16/h1-2,7-10,14H,3-6,11-13H2,(H,20,24). The number of hydrogen-bond acceptors (Lipinski definition) is 5. The van der Waals surface area contributed by atoms with Crippen LogP contribution >= 0.6 is 0 Å². The average molecular weight is 326 g/mol. The van der Waals surface area contributed by atoms with Gasteiger partial charge in [-0.2, -0.15) is 5.10 Å². The summed E-state index contributed by atoms with van der Waals surface area (Å²) in [7, 11) is 0. The van der Waals surface area contributed by atoms with Crippen LogP contribution in [-0.2, 0) is 10.3 Å². The number of rotatable bonds is 5. The number of hydrogen-bond donors (Lipinski definition) is 1. The Bertz CT molecular complexity index is 674. The van der Waals surface area contributed by atoms with Gasteiger partial charge in [0.2, 0.25) is 11.9 Å². The number of aromatic nitrogens is 4. The Morgan fingerprint density at radius 3 is 2.54 bits per heavy atom. The van der Waals surface area contributed by atoms with E-state index in [9.17, 15) is 4.79 Å². The number of piperidine rings is 1. The molecule has 2 aliphatic rings. The van der Waals surface area contributed by atoms with Crippen molar-refractivity contribution in [1.82, 2.24) is 25.1 Å². The molecular formula is C17H22N6O. The van der Waals surface area contributed by atoms with Crippen LogP contribution in [0.1, 0.15) is 25.7 Å². The summed E-state index contributed by atoms with van der Waals surface area (Å²) in [5, 5.41) is 7.53. The third-order valence-electron chi connectivity index (χ3n) is 5.04. The number of nitrogens with one attached hydrogen (secondary N) is 1. The van der Waals surface area contributed by atoms with Gasteiger partial charge in [-0.25, -0.2) is 9.97 Å². The van der Waals surface area contributed by atoms with Crippen molar-refractivity contribution in [2.75, 3.05) is 24.5 Å². The summed E-state index contributed by atoms with van der Waals surface area (Å²) >= 11 is 0. The van der Waals surface area contributed by atoms with Gasteiger partial charge in [-0.15, -0.1) is 0 Å². The normalized spacial score (nSPS) is 19.9. The second-order valence-corrected chi connectivity index (χ2v) is 6.67. The molecule has 0 atom stereocenters. The topological polar surface area (TPSA) is 75.9 Å². The van der Waals surface area contributed by atoms with Crippen molar-refractivity contribution in [3.63, 3.8) is 0 Å². The van der Waals surface area contributed by atoms with Crippen molar-refractivity contribution in [1.29, 1.82) is 0 Å². The van der Waals surface area contributed by atoms with Crippen molar-refractivity contribution < 1.29 is 4.79 Å². The maximum absolute atomic E-state index is 13.0. The Morgan fingerprint density at radius 1 is 1.17 bits per heavy atom. The molecule has 2 aromatic rings. The Labute approximate surface area is 141 Å². The van der Waals surface area contributed by atoms with Crippen LogP contribution in [0.3, 0.4) is 0 Å². The maximum Gasteiger partial charge on any atom is 0.248 e. The third kappa shape index (κ3) is 2.86. The first-order valence-electron chi connectivity index (χ1n) is 8.58. The lowest BCUT2D eigenvalue weighted by atomic mass is 9.86. The fraction of sp³-hybridized carbons (Fsp3) is 0.529. The van der Waals surface area contributed by atoms with Gasteiger partial charge in [0.25, 0.3) is 0 Å². The molecule has 0 radical (unpaired) electrons. The molecule has 0 spiro atoms. The Morgan fingerprint density at radius 2 is 1.92 bits per heavy atom. The molecule has 2 fully saturated rings. The van der Waals surface area contributed by atoms with E-state index < -0.39 is 5.54 Å². The fourth-order valence-corrected chi connectivity index (χ4v) is 3.34. The molecule has 24 heavy (non-hydrogen) atoms. The van der Waals surface area contributed by atoms with Crippen molar-refractivity contribution in [3.8, 4) is 0 Å². The fourth-order valence-electron chi connectivity index (χ4n) is 3.34. The van der Waals surface area contributed by atoms with E-state index in [1.54, 1.807) is 18.6 Å². The van der Waals surface area contributed by atoms with Crippen molar-refractivity contribution in [3.05, 3.63) is 36.9 Å². The van der Waals surface area contributed by atoms with E-state index in [0.717, 1.165) is 25.6 Å². The van der Waals surface area contributed by atoms with Crippen LogP contribution in [0, 0.1) is 5.92 Å². The van der Waals surface area contributed by atoms with Gasteiger partial charge in [0.05, 0.1) is 0 Å². The van der Waals surface area contributed by atoms with Gasteiger partial charge in [0, 0.05) is 44.4 Å². The van der Waals surface area contributed by atoms with Gasteiger partial charge >= 0.3 is 0 Å². The summed E-state index contributed by atoms with van der Waals surface area (Å²) in [6, 6.07) is 3.69. The van der Waals surface area contributed by atoms with Crippen molar-refractivity contribution >= 4 is 11.9 Å². The molecule has 4 rings (SSSR count). The lowest BCUT2D eigenvalue weighted by molar-refractivity contribution is -0.131. The first-order chi connectivity index (χ1) is 11.8. The number of amides is 1. The molecule has 1 saturated carbocycles. The van der Waals surface area contributed by atoms with E-state index in [1.165, 1.54) is 12.8 Å². The molecule has 0 bridgehead atoms. The molecule has 3 heterocycles. The van der Waals surface area contributed by atoms with Crippen LogP contribution in [0.5, 0.6) is 0 Å². The monoisotopic (exact) mass is 326 g/mol. The van der Waals surface area contributed by atoms with Crippen LogP contribution in [0.4, 0.5) is 5.95 Å². The highest BCUT2D eigenvalue weighted by Crippen LogP contribution is 2.32. The minimum absolute atomic E-state index is 0.0896. The van der Waals surface area contributed by atoms with Crippen LogP contribution < -0.4 is 10.2 Å². The highest BCUT2D eigenvalue weighted by Gasteiger charge is 2.44. The third-order valence-corrected chi connectivity index (χ3v) is 5.04. The van der Waals surface area contributed by atoms with Crippen LogP contribution in [0.15, 0.2) is 36.9 Å². The zero-order valence-electron chi connectivity index (χ0n) is 13.6. The molecule has 1 saturated heterocycles. The second-order valence-electron chi connectivity index (χ2n) is 6.67. The highest BCUT2D eigenvalue weighted by molar-refractivity contribution is 5.84. The SMILES string of the molecule is O=C(NCC1CC1)C1(n2cccn2)CCN(c2ncccn2)CC1. The van der Waals surface area contributed by atoms with Crippen molar-refractivity contribution in [2.45, 2.75) is 31.2 Å². The molecule has 1 aliphatic carbocycles. The van der Waals surface area contributed by atoms with E-state index in [-0.39, 0.29) is 5.91 Å². The van der Waals surface area contributed by atoms with E-state index >= 15 is 0 Å². The van der Waals surface area contributed by atoms with E-state index in [1.807, 2.05) is 23.0 Å². The Hall–Kier alpha value is -2.44. The molecule has 1 aliphatic heterocycles. The molecule has 7 nitrogen and oxygen atoms in total. The van der Waals surface area contributed by atoms with Crippen LogP contribution in [0.25, 0.3) is 0 Å². The molecule has 1 N–H and O–H groups in total. The van der Waals surface area contributed by atoms with Gasteiger partial charge < -0.3 is 10.2 Å². The summed E-state index contributed by atoms with van der Waals surface area (Å²) in [6.07, 6.45) is 11.0. The molecule has 126 valence electrons. The molecule has 1 amide bonds. The Balaban J connectivity index is 1.51. The van der Waals surface area contributed by atoms with E-state index in [4.69, 9.17) is 0 Å². The molecule has 0 unspecified atom stereocenters. The lowest BCUT2D eigenvalue weighted by Crippen LogP contribution is -2.56. The van der Waals surface area contributed by atoms with Gasteiger partial charge in [0.15, 0.2) is 0 Å². The van der Waals surface area contributed by atoms with Gasteiger partial charge in [-0.3, -0.25) is 9.48 Å². The van der Waals surface area contributed by atoms with Gasteiger partial charge in [0.1, 0.15) is 5.54 Å². The maximum atomic E-state index is 13.0. The highest BCUT2D eigenvalue weighted by atomic mass is 16.2. The first-order valence-corrected chi connectivity index (χ1v) is 8.58. The predicted molar refractivity (Wildman–Crippen MR) is 89.4 cm³/mol. The minimum atomic E-state index is -0.607. The molecule has 2 aromatic heterocycles. The summed E-state index contributed by atoms with van der Waals surface area (Å²) in [5.41, 5.74) is -0.607. The average Bonchev–Trinajstić information content (AvgIpc) is 3.31. The number of nitrogens with zero attached hydrogens (tertiary/aromatic N) is 5. The van der Waals surface area contributed by atoms with Gasteiger partial charge in [-0.1, -0.05) is 0 Å². The van der Waals surface area contributed by atoms with Gasteiger partial charge in [-0.05, 0) is 43.7 Å². The van der Waals surface area contributed by atoms with Crippen molar-refractivity contribution in [2.24, 2.45) is 5.92 Å². The summed E-state index contributed by atoms with van der Waals surface area (Å²) in [4.78, 5) is 23.7. The minimum Gasteiger partial charge on any atom is -0.354 e. The zero-order valence-corrected chi connectivity index (χ0v) is 13.6.